The van der Waals surface area contributed by atoms with Crippen molar-refractivity contribution in [3.63, 3.8) is 0 Å². The monoisotopic (exact) mass is 257 g/mol. The standard InChI is InChI=1S/C12H13F2NO3/c1-2-15(8-10(16)17)11(18)12(13,14)9-6-4-3-5-7-9/h3-7H,2,8H2,1H3,(H,16,17). The van der Waals surface area contributed by atoms with E-state index >= 15 is 0 Å². The minimum absolute atomic E-state index is 0.0897. The summed E-state index contributed by atoms with van der Waals surface area (Å²) < 4.78 is 27.7. The first kappa shape index (κ1) is 14.1. The smallest absolute Gasteiger partial charge is 0.349 e. The molecule has 0 aliphatic heterocycles. The van der Waals surface area contributed by atoms with Crippen LogP contribution in [-0.2, 0) is 15.5 Å². The van der Waals surface area contributed by atoms with Gasteiger partial charge in [0.05, 0.1) is 0 Å². The number of halogens is 2. The Hall–Kier alpha value is -1.98. The fraction of sp³-hybridized carbons (Fsp3) is 0.333. The van der Waals surface area contributed by atoms with Crippen LogP contribution < -0.4 is 0 Å². The Morgan fingerprint density at radius 1 is 1.28 bits per heavy atom. The molecule has 98 valence electrons. The van der Waals surface area contributed by atoms with Crippen LogP contribution in [0.2, 0.25) is 0 Å². The summed E-state index contributed by atoms with van der Waals surface area (Å²) in [6.07, 6.45) is 0. The number of amides is 1. The molecule has 4 nitrogen and oxygen atoms in total. The van der Waals surface area contributed by atoms with Crippen LogP contribution in [0.1, 0.15) is 12.5 Å². The average molecular weight is 257 g/mol. The lowest BCUT2D eigenvalue weighted by atomic mass is 10.1. The quantitative estimate of drug-likeness (QED) is 0.873. The van der Waals surface area contributed by atoms with Gasteiger partial charge in [-0.3, -0.25) is 9.59 Å². The SMILES string of the molecule is CCN(CC(=O)O)C(=O)C(F)(F)c1ccccc1. The maximum absolute atomic E-state index is 13.9. The summed E-state index contributed by atoms with van der Waals surface area (Å²) in [6, 6.07) is 6.60. The number of alkyl halides is 2. The number of rotatable bonds is 5. The molecule has 0 aliphatic carbocycles. The fourth-order valence-corrected chi connectivity index (χ4v) is 1.46. The molecule has 1 aromatic carbocycles. The van der Waals surface area contributed by atoms with Gasteiger partial charge in [-0.1, -0.05) is 30.3 Å². The lowest BCUT2D eigenvalue weighted by Gasteiger charge is -2.24. The molecule has 0 unspecified atom stereocenters. The van der Waals surface area contributed by atoms with E-state index in [9.17, 15) is 18.4 Å². The molecule has 0 saturated carbocycles. The van der Waals surface area contributed by atoms with Gasteiger partial charge in [-0.05, 0) is 6.92 Å². The first-order valence-electron chi connectivity index (χ1n) is 5.34. The second kappa shape index (κ2) is 5.57. The molecule has 1 N–H and O–H groups in total. The Morgan fingerprint density at radius 2 is 1.83 bits per heavy atom. The molecule has 0 atom stereocenters. The van der Waals surface area contributed by atoms with Crippen LogP contribution in [0.3, 0.4) is 0 Å². The van der Waals surface area contributed by atoms with Crippen LogP contribution in [0, 0.1) is 0 Å². The van der Waals surface area contributed by atoms with E-state index in [1.54, 1.807) is 6.07 Å². The van der Waals surface area contributed by atoms with Crippen LogP contribution in [0.5, 0.6) is 0 Å². The van der Waals surface area contributed by atoms with Crippen LogP contribution in [0.15, 0.2) is 30.3 Å². The number of likely N-dealkylation sites (N-methyl/N-ethyl adjacent to an activating group) is 1. The third kappa shape index (κ3) is 3.03. The summed E-state index contributed by atoms with van der Waals surface area (Å²) in [4.78, 5) is 22.7. The van der Waals surface area contributed by atoms with Crippen molar-refractivity contribution in [3.8, 4) is 0 Å². The predicted molar refractivity (Wildman–Crippen MR) is 60.2 cm³/mol. The first-order chi connectivity index (χ1) is 8.39. The highest BCUT2D eigenvalue weighted by Crippen LogP contribution is 2.29. The topological polar surface area (TPSA) is 57.6 Å². The van der Waals surface area contributed by atoms with E-state index in [2.05, 4.69) is 0 Å². The van der Waals surface area contributed by atoms with Gasteiger partial charge < -0.3 is 10.0 Å². The van der Waals surface area contributed by atoms with E-state index in [0.29, 0.717) is 4.90 Å². The van der Waals surface area contributed by atoms with Crippen LogP contribution in [0.4, 0.5) is 8.78 Å². The zero-order valence-corrected chi connectivity index (χ0v) is 9.77. The lowest BCUT2D eigenvalue weighted by molar-refractivity contribution is -0.162. The van der Waals surface area contributed by atoms with Gasteiger partial charge in [0, 0.05) is 12.1 Å². The summed E-state index contributed by atoms with van der Waals surface area (Å²) in [5.41, 5.74) is -0.446. The molecule has 0 spiro atoms. The highest BCUT2D eigenvalue weighted by Gasteiger charge is 2.43. The van der Waals surface area contributed by atoms with E-state index in [1.165, 1.54) is 19.1 Å². The third-order valence-corrected chi connectivity index (χ3v) is 2.40. The molecule has 0 aliphatic rings. The molecule has 0 heterocycles. The van der Waals surface area contributed by atoms with Gasteiger partial charge in [0.2, 0.25) is 0 Å². The predicted octanol–water partition coefficient (Wildman–Crippen LogP) is 1.71. The van der Waals surface area contributed by atoms with Crippen LogP contribution >= 0.6 is 0 Å². The number of carboxylic acids is 1. The van der Waals surface area contributed by atoms with Crippen molar-refractivity contribution in [1.29, 1.82) is 0 Å². The first-order valence-corrected chi connectivity index (χ1v) is 5.34. The van der Waals surface area contributed by atoms with Crippen molar-refractivity contribution in [2.45, 2.75) is 12.8 Å². The van der Waals surface area contributed by atoms with Gasteiger partial charge in [-0.2, -0.15) is 8.78 Å². The Morgan fingerprint density at radius 3 is 2.28 bits per heavy atom. The van der Waals surface area contributed by atoms with E-state index in [1.807, 2.05) is 0 Å². The Labute approximate surface area is 103 Å². The van der Waals surface area contributed by atoms with Crippen molar-refractivity contribution in [2.24, 2.45) is 0 Å². The zero-order chi connectivity index (χ0) is 13.8. The molecule has 0 bridgehead atoms. The van der Waals surface area contributed by atoms with Gasteiger partial charge in [-0.25, -0.2) is 0 Å². The molecule has 0 fully saturated rings. The number of aliphatic carboxylic acids is 1. The van der Waals surface area contributed by atoms with E-state index in [4.69, 9.17) is 5.11 Å². The van der Waals surface area contributed by atoms with E-state index in [0.717, 1.165) is 12.1 Å². The molecular weight excluding hydrogens is 244 g/mol. The van der Waals surface area contributed by atoms with Gasteiger partial charge >= 0.3 is 11.9 Å². The molecule has 0 saturated heterocycles. The van der Waals surface area contributed by atoms with Crippen LogP contribution in [0.25, 0.3) is 0 Å². The molecule has 0 aromatic heterocycles. The maximum atomic E-state index is 13.9. The summed E-state index contributed by atoms with van der Waals surface area (Å²) in [5, 5.41) is 8.56. The molecule has 6 heteroatoms. The van der Waals surface area contributed by atoms with Crippen LogP contribution in [-0.4, -0.2) is 35.0 Å². The number of carboxylic acid groups (broad SMARTS) is 1. The number of carbonyl (C=O) groups excluding carboxylic acids is 1. The van der Waals surface area contributed by atoms with E-state index < -0.39 is 29.9 Å². The van der Waals surface area contributed by atoms with Gasteiger partial charge in [-0.15, -0.1) is 0 Å². The van der Waals surface area contributed by atoms with E-state index in [-0.39, 0.29) is 6.54 Å². The molecule has 18 heavy (non-hydrogen) atoms. The normalized spacial score (nSPS) is 11.1. The second-order valence-electron chi connectivity index (χ2n) is 3.65. The molecular formula is C12H13F2NO3. The van der Waals surface area contributed by atoms with Gasteiger partial charge in [0.15, 0.2) is 0 Å². The highest BCUT2D eigenvalue weighted by atomic mass is 19.3. The molecule has 1 rings (SSSR count). The summed E-state index contributed by atoms with van der Waals surface area (Å²) in [5.74, 6) is -6.54. The summed E-state index contributed by atoms with van der Waals surface area (Å²) in [6.45, 7) is 0.618. The zero-order valence-electron chi connectivity index (χ0n) is 9.77. The van der Waals surface area contributed by atoms with Crippen molar-refractivity contribution >= 4 is 11.9 Å². The number of carbonyl (C=O) groups is 2. The summed E-state index contributed by atoms with van der Waals surface area (Å²) in [7, 11) is 0. The minimum atomic E-state index is -3.72. The minimum Gasteiger partial charge on any atom is -0.480 e. The van der Waals surface area contributed by atoms with Crippen molar-refractivity contribution in [1.82, 2.24) is 4.90 Å². The largest absolute Gasteiger partial charge is 0.480 e. The second-order valence-corrected chi connectivity index (χ2v) is 3.65. The molecule has 1 aromatic rings. The average Bonchev–Trinajstić information content (AvgIpc) is 2.36. The molecule has 1 amide bonds. The Balaban J connectivity index is 2.97. The number of hydrogen-bond acceptors (Lipinski definition) is 2. The van der Waals surface area contributed by atoms with Gasteiger partial charge in [0.1, 0.15) is 6.54 Å². The lowest BCUT2D eigenvalue weighted by Crippen LogP contribution is -2.44. The summed E-state index contributed by atoms with van der Waals surface area (Å²) >= 11 is 0. The number of nitrogens with zero attached hydrogens (tertiary/aromatic N) is 1. The number of benzene rings is 1. The van der Waals surface area contributed by atoms with Crippen molar-refractivity contribution in [2.75, 3.05) is 13.1 Å². The Kier molecular flexibility index (Phi) is 4.36. The number of hydrogen-bond donors (Lipinski definition) is 1. The maximum Gasteiger partial charge on any atom is 0.349 e. The van der Waals surface area contributed by atoms with Crippen molar-refractivity contribution in [3.05, 3.63) is 35.9 Å². The highest BCUT2D eigenvalue weighted by molar-refractivity contribution is 5.87. The third-order valence-electron chi connectivity index (χ3n) is 2.40. The fourth-order valence-electron chi connectivity index (χ4n) is 1.46. The Bertz CT molecular complexity index is 434. The van der Waals surface area contributed by atoms with Gasteiger partial charge in [0.25, 0.3) is 5.91 Å². The molecule has 0 radical (unpaired) electrons. The van der Waals surface area contributed by atoms with Crippen molar-refractivity contribution < 1.29 is 23.5 Å².